The number of methoxy groups -OCH3 is 1. The molecule has 0 N–H and O–H groups in total. The van der Waals surface area contributed by atoms with Crippen LogP contribution in [-0.4, -0.2) is 23.9 Å². The van der Waals surface area contributed by atoms with Crippen LogP contribution in [-0.2, 0) is 20.9 Å². The summed E-state index contributed by atoms with van der Waals surface area (Å²) in [6.07, 6.45) is 4.47. The third kappa shape index (κ3) is 2.43. The van der Waals surface area contributed by atoms with E-state index in [4.69, 9.17) is 4.74 Å². The highest BCUT2D eigenvalue weighted by atomic mass is 19.1. The van der Waals surface area contributed by atoms with Crippen molar-refractivity contribution < 1.29 is 18.7 Å². The molecule has 0 fully saturated rings. The first-order valence-electron chi connectivity index (χ1n) is 7.20. The number of rotatable bonds is 3. The molecule has 114 valence electrons. The molecule has 1 aliphatic heterocycles. The van der Waals surface area contributed by atoms with E-state index in [2.05, 4.69) is 0 Å². The highest BCUT2D eigenvalue weighted by Crippen LogP contribution is 2.37. The molecule has 0 saturated heterocycles. The van der Waals surface area contributed by atoms with Gasteiger partial charge in [0.25, 0.3) is 5.91 Å². The van der Waals surface area contributed by atoms with Gasteiger partial charge in [0.2, 0.25) is 0 Å². The van der Waals surface area contributed by atoms with Gasteiger partial charge in [-0.3, -0.25) is 4.79 Å². The van der Waals surface area contributed by atoms with Crippen molar-refractivity contribution in [2.45, 2.75) is 25.8 Å². The number of benzene rings is 1. The van der Waals surface area contributed by atoms with Gasteiger partial charge in [0.1, 0.15) is 11.4 Å². The Morgan fingerprint density at radius 2 is 2.05 bits per heavy atom. The number of allylic oxidation sites excluding steroid dienone is 2. The topological polar surface area (TPSA) is 46.6 Å². The fraction of sp³-hybridized carbons (Fsp3) is 0.294. The lowest BCUT2D eigenvalue weighted by molar-refractivity contribution is -0.139. The molecule has 0 unspecified atom stereocenters. The first-order valence-corrected chi connectivity index (χ1v) is 7.20. The van der Waals surface area contributed by atoms with Gasteiger partial charge in [0.15, 0.2) is 0 Å². The van der Waals surface area contributed by atoms with E-state index in [0.717, 1.165) is 29.7 Å². The van der Waals surface area contributed by atoms with Gasteiger partial charge in [0, 0.05) is 5.70 Å². The second kappa shape index (κ2) is 5.75. The Morgan fingerprint density at radius 3 is 2.73 bits per heavy atom. The summed E-state index contributed by atoms with van der Waals surface area (Å²) < 4.78 is 17.7. The molecule has 1 aromatic rings. The summed E-state index contributed by atoms with van der Waals surface area (Å²) in [6, 6.07) is 6.00. The molecule has 5 heteroatoms. The van der Waals surface area contributed by atoms with Crippen LogP contribution in [0.25, 0.3) is 0 Å². The molecule has 1 amide bonds. The predicted octanol–water partition coefficient (Wildman–Crippen LogP) is 2.71. The third-order valence-electron chi connectivity index (χ3n) is 3.97. The lowest BCUT2D eigenvalue weighted by atomic mass is 9.96. The highest BCUT2D eigenvalue weighted by molar-refractivity contribution is 6.20. The second-order valence-corrected chi connectivity index (χ2v) is 5.34. The van der Waals surface area contributed by atoms with Gasteiger partial charge >= 0.3 is 5.97 Å². The minimum Gasteiger partial charge on any atom is -0.465 e. The fourth-order valence-corrected chi connectivity index (χ4v) is 2.91. The number of halogens is 1. The van der Waals surface area contributed by atoms with Crippen LogP contribution >= 0.6 is 0 Å². The molecule has 1 heterocycles. The zero-order valence-electron chi connectivity index (χ0n) is 12.3. The van der Waals surface area contributed by atoms with Crippen LogP contribution in [0, 0.1) is 5.82 Å². The van der Waals surface area contributed by atoms with Crippen LogP contribution in [0.2, 0.25) is 0 Å². The number of hydrogen-bond donors (Lipinski definition) is 0. The van der Waals surface area contributed by atoms with Gasteiger partial charge in [0.05, 0.1) is 13.7 Å². The molecule has 0 spiro atoms. The average Bonchev–Trinajstić information content (AvgIpc) is 2.81. The molecule has 22 heavy (non-hydrogen) atoms. The minimum atomic E-state index is -0.589. The molecule has 1 aliphatic carbocycles. The Balaban J connectivity index is 1.93. The monoisotopic (exact) mass is 301 g/mol. The quantitative estimate of drug-likeness (QED) is 0.637. The number of esters is 1. The van der Waals surface area contributed by atoms with Crippen molar-refractivity contribution in [3.05, 3.63) is 58.6 Å². The molecule has 4 nitrogen and oxygen atoms in total. The van der Waals surface area contributed by atoms with Crippen molar-refractivity contribution in [3.63, 3.8) is 0 Å². The molecule has 3 rings (SSSR count). The second-order valence-electron chi connectivity index (χ2n) is 5.34. The van der Waals surface area contributed by atoms with Crippen LogP contribution in [0.5, 0.6) is 0 Å². The van der Waals surface area contributed by atoms with Crippen LogP contribution in [0.4, 0.5) is 4.39 Å². The van der Waals surface area contributed by atoms with E-state index < -0.39 is 5.97 Å². The van der Waals surface area contributed by atoms with E-state index in [1.165, 1.54) is 19.2 Å². The summed E-state index contributed by atoms with van der Waals surface area (Å²) >= 11 is 0. The molecule has 0 aromatic heterocycles. The summed E-state index contributed by atoms with van der Waals surface area (Å²) in [5.74, 6) is -1.24. The maximum absolute atomic E-state index is 13.0. The van der Waals surface area contributed by atoms with E-state index in [9.17, 15) is 14.0 Å². The van der Waals surface area contributed by atoms with Crippen LogP contribution in [0.1, 0.15) is 24.8 Å². The normalized spacial score (nSPS) is 17.5. The van der Waals surface area contributed by atoms with Gasteiger partial charge in [-0.15, -0.1) is 0 Å². The minimum absolute atomic E-state index is 0.135. The summed E-state index contributed by atoms with van der Waals surface area (Å²) in [4.78, 5) is 26.1. The Hall–Kier alpha value is -2.43. The van der Waals surface area contributed by atoms with E-state index >= 15 is 0 Å². The predicted molar refractivity (Wildman–Crippen MR) is 77.9 cm³/mol. The number of ether oxygens (including phenoxy) is 1. The third-order valence-corrected chi connectivity index (χ3v) is 3.97. The molecular formula is C17H16FNO3. The number of carbonyl (C=O) groups is 2. The fourth-order valence-electron chi connectivity index (χ4n) is 2.91. The smallest absolute Gasteiger partial charge is 0.343 e. The SMILES string of the molecule is COC(=O)C1=C2CCCC=C2N(Cc2ccc(F)cc2)C1=O. The maximum atomic E-state index is 13.0. The number of nitrogens with zero attached hydrogens (tertiary/aromatic N) is 1. The van der Waals surface area contributed by atoms with Gasteiger partial charge in [-0.25, -0.2) is 9.18 Å². The zero-order valence-corrected chi connectivity index (χ0v) is 12.3. The molecule has 0 bridgehead atoms. The van der Waals surface area contributed by atoms with E-state index in [-0.39, 0.29) is 17.3 Å². The highest BCUT2D eigenvalue weighted by Gasteiger charge is 2.39. The van der Waals surface area contributed by atoms with Gasteiger partial charge in [-0.2, -0.15) is 0 Å². The number of fused-ring (bicyclic) bond motifs is 1. The Bertz CT molecular complexity index is 688. The maximum Gasteiger partial charge on any atom is 0.343 e. The van der Waals surface area contributed by atoms with Crippen molar-refractivity contribution in [3.8, 4) is 0 Å². The Kier molecular flexibility index (Phi) is 3.79. The summed E-state index contributed by atoms with van der Waals surface area (Å²) in [5.41, 5.74) is 2.51. The van der Waals surface area contributed by atoms with Crippen molar-refractivity contribution >= 4 is 11.9 Å². The average molecular weight is 301 g/mol. The first kappa shape index (κ1) is 14.5. The van der Waals surface area contributed by atoms with Crippen LogP contribution in [0.3, 0.4) is 0 Å². The molecule has 0 radical (unpaired) electrons. The van der Waals surface area contributed by atoms with Gasteiger partial charge < -0.3 is 9.64 Å². The van der Waals surface area contributed by atoms with Gasteiger partial charge in [-0.1, -0.05) is 18.2 Å². The molecule has 2 aliphatic rings. The molecular weight excluding hydrogens is 285 g/mol. The van der Waals surface area contributed by atoms with Crippen molar-refractivity contribution in [1.82, 2.24) is 4.90 Å². The van der Waals surface area contributed by atoms with Crippen LogP contribution in [0.15, 0.2) is 47.2 Å². The lowest BCUT2D eigenvalue weighted by Gasteiger charge is -2.22. The Labute approximate surface area is 127 Å². The summed E-state index contributed by atoms with van der Waals surface area (Å²) in [6.45, 7) is 0.314. The van der Waals surface area contributed by atoms with E-state index in [1.807, 2.05) is 6.08 Å². The number of hydrogen-bond acceptors (Lipinski definition) is 3. The van der Waals surface area contributed by atoms with Crippen LogP contribution < -0.4 is 0 Å². The number of amides is 1. The largest absolute Gasteiger partial charge is 0.465 e. The van der Waals surface area contributed by atoms with Crippen molar-refractivity contribution in [2.75, 3.05) is 7.11 Å². The molecule has 0 saturated carbocycles. The zero-order chi connectivity index (χ0) is 15.7. The lowest BCUT2D eigenvalue weighted by Crippen LogP contribution is -2.27. The Morgan fingerprint density at radius 1 is 1.32 bits per heavy atom. The summed E-state index contributed by atoms with van der Waals surface area (Å²) in [7, 11) is 1.28. The van der Waals surface area contributed by atoms with Gasteiger partial charge in [-0.05, 0) is 42.5 Å². The van der Waals surface area contributed by atoms with E-state index in [1.54, 1.807) is 17.0 Å². The van der Waals surface area contributed by atoms with Crippen molar-refractivity contribution in [1.29, 1.82) is 0 Å². The molecule has 0 atom stereocenters. The van der Waals surface area contributed by atoms with E-state index in [0.29, 0.717) is 13.0 Å². The summed E-state index contributed by atoms with van der Waals surface area (Å²) in [5, 5.41) is 0. The molecule has 1 aromatic carbocycles. The first-order chi connectivity index (χ1) is 10.6. The van der Waals surface area contributed by atoms with Crippen molar-refractivity contribution in [2.24, 2.45) is 0 Å². The number of carbonyl (C=O) groups excluding carboxylic acids is 2. The standard InChI is InChI=1S/C17H16FNO3/c1-22-17(21)15-13-4-2-3-5-14(13)19(16(15)20)10-11-6-8-12(18)9-7-11/h5-9H,2-4,10H2,1H3.